The van der Waals surface area contributed by atoms with E-state index in [1.165, 1.54) is 0 Å². The summed E-state index contributed by atoms with van der Waals surface area (Å²) in [5.41, 5.74) is 2.23. The minimum atomic E-state index is 1.10. The quantitative estimate of drug-likeness (QED) is 0.528. The first-order chi connectivity index (χ1) is 4.47. The number of hydrogen-bond donors (Lipinski definition) is 0. The predicted molar refractivity (Wildman–Crippen MR) is 33.1 cm³/mol. The Morgan fingerprint density at radius 3 is 3.00 bits per heavy atom. The molecule has 0 N–H and O–H groups in total. The van der Waals surface area contributed by atoms with Crippen molar-refractivity contribution in [2.45, 2.75) is 0 Å². The van der Waals surface area contributed by atoms with Crippen LogP contribution in [0.4, 0.5) is 0 Å². The molecule has 0 atom stereocenters. The van der Waals surface area contributed by atoms with Gasteiger partial charge in [-0.05, 0) is 0 Å². The van der Waals surface area contributed by atoms with Crippen LogP contribution in [-0.2, 0) is 0 Å². The molecule has 0 bridgehead atoms. The molecule has 1 aliphatic carbocycles. The molecule has 9 heavy (non-hydrogen) atoms. The topological polar surface area (TPSA) is 26.0 Å². The highest BCUT2D eigenvalue weighted by Gasteiger charge is 1.98. The first-order valence-corrected chi connectivity index (χ1v) is 2.75. The standard InChI is InChI=1S/C7H5NO/c1-2-6-4-8-9-5-7(6)3-1/h1-5H. The van der Waals surface area contributed by atoms with Gasteiger partial charge in [0.1, 0.15) is 6.26 Å². The first-order valence-electron chi connectivity index (χ1n) is 2.75. The van der Waals surface area contributed by atoms with Crippen molar-refractivity contribution in [3.63, 3.8) is 0 Å². The van der Waals surface area contributed by atoms with Crippen LogP contribution in [0.5, 0.6) is 0 Å². The molecule has 2 heteroatoms. The second kappa shape index (κ2) is 1.58. The van der Waals surface area contributed by atoms with Crippen molar-refractivity contribution < 1.29 is 4.52 Å². The van der Waals surface area contributed by atoms with Crippen LogP contribution in [0.2, 0.25) is 0 Å². The van der Waals surface area contributed by atoms with E-state index in [9.17, 15) is 0 Å². The van der Waals surface area contributed by atoms with E-state index in [1.807, 2.05) is 18.2 Å². The van der Waals surface area contributed by atoms with E-state index in [2.05, 4.69) is 5.16 Å². The predicted octanol–water partition coefficient (Wildman–Crippen LogP) is 1.78. The van der Waals surface area contributed by atoms with Crippen LogP contribution in [-0.4, -0.2) is 5.16 Å². The van der Waals surface area contributed by atoms with Crippen molar-refractivity contribution in [2.24, 2.45) is 0 Å². The van der Waals surface area contributed by atoms with Crippen LogP contribution >= 0.6 is 0 Å². The van der Waals surface area contributed by atoms with Crippen LogP contribution in [0.25, 0.3) is 11.1 Å². The van der Waals surface area contributed by atoms with Crippen molar-refractivity contribution in [3.05, 3.63) is 30.7 Å². The summed E-state index contributed by atoms with van der Waals surface area (Å²) in [5.74, 6) is 0. The molecule has 0 aromatic rings. The second-order valence-electron chi connectivity index (χ2n) is 1.89. The molecule has 0 saturated heterocycles. The van der Waals surface area contributed by atoms with E-state index >= 15 is 0 Å². The average Bonchev–Trinajstić information content (AvgIpc) is 2.33. The van der Waals surface area contributed by atoms with E-state index < -0.39 is 0 Å². The monoisotopic (exact) mass is 119 g/mol. The largest absolute Gasteiger partial charge is 0.364 e. The maximum absolute atomic E-state index is 4.70. The molecule has 2 rings (SSSR count). The molecule has 1 aliphatic heterocycles. The Morgan fingerprint density at radius 1 is 1.22 bits per heavy atom. The fourth-order valence-corrected chi connectivity index (χ4v) is 0.847. The van der Waals surface area contributed by atoms with Gasteiger partial charge in [-0.2, -0.15) is 0 Å². The number of nitrogens with zero attached hydrogens (tertiary/aromatic N) is 1. The summed E-state index contributed by atoms with van der Waals surface area (Å²) < 4.78 is 4.70. The molecular weight excluding hydrogens is 114 g/mol. The summed E-state index contributed by atoms with van der Waals surface area (Å²) in [6, 6.07) is 5.96. The summed E-state index contributed by atoms with van der Waals surface area (Å²) in [6.07, 6.45) is 3.34. The van der Waals surface area contributed by atoms with E-state index in [1.54, 1.807) is 12.5 Å². The molecule has 0 saturated carbocycles. The molecule has 0 amide bonds. The van der Waals surface area contributed by atoms with E-state index in [-0.39, 0.29) is 0 Å². The van der Waals surface area contributed by atoms with Crippen molar-refractivity contribution >= 4 is 0 Å². The minimum Gasteiger partial charge on any atom is -0.364 e. The number of fused-ring (bicyclic) bond motifs is 1. The van der Waals surface area contributed by atoms with Gasteiger partial charge in [0.25, 0.3) is 0 Å². The smallest absolute Gasteiger partial charge is 0.130 e. The molecule has 0 unspecified atom stereocenters. The lowest BCUT2D eigenvalue weighted by molar-refractivity contribution is 0.401. The van der Waals surface area contributed by atoms with Gasteiger partial charge in [-0.1, -0.05) is 23.4 Å². The average molecular weight is 119 g/mol. The zero-order chi connectivity index (χ0) is 6.10. The highest BCUT2D eigenvalue weighted by Crippen LogP contribution is 2.19. The third-order valence-electron chi connectivity index (χ3n) is 1.32. The normalized spacial score (nSPS) is 10.2. The molecule has 0 radical (unpaired) electrons. The van der Waals surface area contributed by atoms with Gasteiger partial charge in [0.05, 0.1) is 6.20 Å². The second-order valence-corrected chi connectivity index (χ2v) is 1.89. The molecule has 1 heterocycles. The van der Waals surface area contributed by atoms with E-state index in [0.717, 1.165) is 11.1 Å². The maximum atomic E-state index is 4.70. The van der Waals surface area contributed by atoms with Gasteiger partial charge < -0.3 is 4.52 Å². The Morgan fingerprint density at radius 2 is 2.11 bits per heavy atom. The SMILES string of the molecule is c1cc2cnocc-2c1. The molecule has 0 spiro atoms. The Bertz CT molecular complexity index is 249. The molecule has 44 valence electrons. The summed E-state index contributed by atoms with van der Waals surface area (Å²) in [7, 11) is 0. The lowest BCUT2D eigenvalue weighted by Gasteiger charge is -1.90. The van der Waals surface area contributed by atoms with Gasteiger partial charge in [-0.3, -0.25) is 0 Å². The molecule has 0 aromatic heterocycles. The van der Waals surface area contributed by atoms with Gasteiger partial charge >= 0.3 is 0 Å². The lowest BCUT2D eigenvalue weighted by Crippen LogP contribution is -1.72. The summed E-state index contributed by atoms with van der Waals surface area (Å²) in [5, 5.41) is 3.61. The number of rotatable bonds is 0. The van der Waals surface area contributed by atoms with Crippen molar-refractivity contribution in [3.8, 4) is 11.1 Å². The highest BCUT2D eigenvalue weighted by atomic mass is 16.4. The van der Waals surface area contributed by atoms with Gasteiger partial charge in [0.15, 0.2) is 0 Å². The number of hydrogen-bond acceptors (Lipinski definition) is 2. The Hall–Kier alpha value is -1.31. The third-order valence-corrected chi connectivity index (χ3v) is 1.32. The highest BCUT2D eigenvalue weighted by molar-refractivity contribution is 5.63. The summed E-state index contributed by atoms with van der Waals surface area (Å²) in [6.45, 7) is 0. The fraction of sp³-hybridized carbons (Fsp3) is 0. The lowest BCUT2D eigenvalue weighted by atomic mass is 10.2. The van der Waals surface area contributed by atoms with E-state index in [4.69, 9.17) is 4.52 Å². The molecule has 0 fully saturated rings. The Kier molecular flexibility index (Phi) is 0.803. The fourth-order valence-electron chi connectivity index (χ4n) is 0.847. The Balaban J connectivity index is 2.79. The van der Waals surface area contributed by atoms with Crippen LogP contribution < -0.4 is 0 Å². The van der Waals surface area contributed by atoms with Crippen molar-refractivity contribution in [2.75, 3.05) is 0 Å². The molecule has 0 aromatic carbocycles. The van der Waals surface area contributed by atoms with Crippen LogP contribution in [0.3, 0.4) is 0 Å². The van der Waals surface area contributed by atoms with E-state index in [0.29, 0.717) is 0 Å². The zero-order valence-electron chi connectivity index (χ0n) is 4.74. The Labute approximate surface area is 52.4 Å². The summed E-state index contributed by atoms with van der Waals surface area (Å²) in [4.78, 5) is 0. The summed E-state index contributed by atoms with van der Waals surface area (Å²) >= 11 is 0. The van der Waals surface area contributed by atoms with Crippen LogP contribution in [0.1, 0.15) is 0 Å². The third kappa shape index (κ3) is 0.598. The van der Waals surface area contributed by atoms with Gasteiger partial charge in [-0.15, -0.1) is 0 Å². The molecular formula is C7H5NO. The van der Waals surface area contributed by atoms with Crippen LogP contribution in [0.15, 0.2) is 35.2 Å². The van der Waals surface area contributed by atoms with Gasteiger partial charge in [0.2, 0.25) is 0 Å². The van der Waals surface area contributed by atoms with Gasteiger partial charge in [-0.25, -0.2) is 0 Å². The first kappa shape index (κ1) is 4.56. The van der Waals surface area contributed by atoms with Crippen LogP contribution in [0, 0.1) is 0 Å². The number of aromatic nitrogens is 1. The molecule has 2 nitrogen and oxygen atoms in total. The minimum absolute atomic E-state index is 1.10. The molecule has 2 aliphatic rings. The van der Waals surface area contributed by atoms with Crippen molar-refractivity contribution in [1.82, 2.24) is 5.16 Å². The van der Waals surface area contributed by atoms with Gasteiger partial charge in [0, 0.05) is 11.1 Å². The van der Waals surface area contributed by atoms with Crippen molar-refractivity contribution in [1.29, 1.82) is 0 Å². The zero-order valence-corrected chi connectivity index (χ0v) is 4.74. The maximum Gasteiger partial charge on any atom is 0.130 e.